The molecule has 0 aliphatic carbocycles. The first-order valence-electron chi connectivity index (χ1n) is 6.14. The average molecular weight is 305 g/mol. The molecular formula is C15H17BrN2. The lowest BCUT2D eigenvalue weighted by Crippen LogP contribution is -2.21. The molecule has 0 fully saturated rings. The maximum absolute atomic E-state index is 4.02. The largest absolute Gasteiger partial charge is 0.310 e. The number of halogens is 1. The monoisotopic (exact) mass is 304 g/mol. The molecule has 0 aliphatic rings. The van der Waals surface area contributed by atoms with Gasteiger partial charge < -0.3 is 5.32 Å². The fourth-order valence-electron chi connectivity index (χ4n) is 1.92. The number of nitrogens with one attached hydrogen (secondary N) is 1. The molecular weight excluding hydrogens is 288 g/mol. The first kappa shape index (κ1) is 13.2. The van der Waals surface area contributed by atoms with Crippen molar-refractivity contribution in [3.8, 4) is 0 Å². The van der Waals surface area contributed by atoms with Gasteiger partial charge in [-0.3, -0.25) is 4.98 Å². The molecule has 1 heterocycles. The number of hydrogen-bond acceptors (Lipinski definition) is 2. The fourth-order valence-corrected chi connectivity index (χ4v) is 2.55. The zero-order valence-corrected chi connectivity index (χ0v) is 12.0. The van der Waals surface area contributed by atoms with Gasteiger partial charge in [0, 0.05) is 22.9 Å². The minimum absolute atomic E-state index is 0.349. The van der Waals surface area contributed by atoms with Crippen LogP contribution in [-0.2, 0) is 6.42 Å². The Morgan fingerprint density at radius 2 is 1.89 bits per heavy atom. The Kier molecular flexibility index (Phi) is 4.90. The van der Waals surface area contributed by atoms with Gasteiger partial charge in [-0.2, -0.15) is 0 Å². The zero-order chi connectivity index (χ0) is 12.8. The van der Waals surface area contributed by atoms with Crippen LogP contribution >= 0.6 is 15.9 Å². The fraction of sp³-hybridized carbons (Fsp3) is 0.267. The van der Waals surface area contributed by atoms with Gasteiger partial charge in [-0.05, 0) is 49.2 Å². The van der Waals surface area contributed by atoms with Crippen molar-refractivity contribution < 1.29 is 0 Å². The summed E-state index contributed by atoms with van der Waals surface area (Å²) in [5.74, 6) is 0. The maximum Gasteiger partial charge on any atom is 0.0303 e. The van der Waals surface area contributed by atoms with E-state index in [4.69, 9.17) is 0 Å². The summed E-state index contributed by atoms with van der Waals surface area (Å²) in [5.41, 5.74) is 2.61. The lowest BCUT2D eigenvalue weighted by atomic mass is 10.1. The van der Waals surface area contributed by atoms with E-state index in [9.17, 15) is 0 Å². The molecule has 0 bridgehead atoms. The predicted molar refractivity (Wildman–Crippen MR) is 78.5 cm³/mol. The highest BCUT2D eigenvalue weighted by Gasteiger charge is 2.07. The summed E-state index contributed by atoms with van der Waals surface area (Å²) in [6.07, 6.45) is 4.70. The molecule has 0 radical (unpaired) electrons. The van der Waals surface area contributed by atoms with Crippen molar-refractivity contribution >= 4 is 15.9 Å². The lowest BCUT2D eigenvalue weighted by molar-refractivity contribution is 0.575. The Morgan fingerprint density at radius 3 is 2.61 bits per heavy atom. The van der Waals surface area contributed by atoms with E-state index in [0.717, 1.165) is 17.4 Å². The van der Waals surface area contributed by atoms with Gasteiger partial charge in [0.2, 0.25) is 0 Å². The Morgan fingerprint density at radius 1 is 1.17 bits per heavy atom. The number of rotatable bonds is 5. The number of nitrogens with zero attached hydrogens (tertiary/aromatic N) is 1. The van der Waals surface area contributed by atoms with E-state index in [0.29, 0.717) is 6.04 Å². The van der Waals surface area contributed by atoms with Gasteiger partial charge >= 0.3 is 0 Å². The van der Waals surface area contributed by atoms with E-state index < -0.39 is 0 Å². The van der Waals surface area contributed by atoms with Crippen molar-refractivity contribution in [3.05, 3.63) is 64.4 Å². The first-order valence-corrected chi connectivity index (χ1v) is 6.93. The first-order chi connectivity index (χ1) is 8.77. The van der Waals surface area contributed by atoms with Crippen LogP contribution in [0.4, 0.5) is 0 Å². The average Bonchev–Trinajstić information content (AvgIpc) is 2.40. The Balaban J connectivity index is 1.86. The van der Waals surface area contributed by atoms with Gasteiger partial charge in [0.05, 0.1) is 0 Å². The van der Waals surface area contributed by atoms with Crippen molar-refractivity contribution in [2.75, 3.05) is 6.54 Å². The molecule has 1 aromatic heterocycles. The highest BCUT2D eigenvalue weighted by Crippen LogP contribution is 2.22. The summed E-state index contributed by atoms with van der Waals surface area (Å²) in [6.45, 7) is 3.15. The third-order valence-electron chi connectivity index (χ3n) is 2.99. The molecule has 0 amide bonds. The number of pyridine rings is 1. The van der Waals surface area contributed by atoms with E-state index >= 15 is 0 Å². The van der Waals surface area contributed by atoms with Gasteiger partial charge in [0.25, 0.3) is 0 Å². The minimum Gasteiger partial charge on any atom is -0.310 e. The van der Waals surface area contributed by atoms with Crippen molar-refractivity contribution in [1.29, 1.82) is 0 Å². The predicted octanol–water partition coefficient (Wildman–Crippen LogP) is 3.74. The van der Waals surface area contributed by atoms with E-state index in [1.165, 1.54) is 11.1 Å². The second-order valence-electron chi connectivity index (χ2n) is 4.30. The quantitative estimate of drug-likeness (QED) is 0.910. The van der Waals surface area contributed by atoms with E-state index in [1.54, 1.807) is 0 Å². The van der Waals surface area contributed by atoms with Crippen molar-refractivity contribution in [1.82, 2.24) is 10.3 Å². The highest BCUT2D eigenvalue weighted by atomic mass is 79.9. The molecule has 0 spiro atoms. The second-order valence-corrected chi connectivity index (χ2v) is 5.16. The second kappa shape index (κ2) is 6.66. The Bertz CT molecular complexity index is 485. The minimum atomic E-state index is 0.349. The molecule has 0 saturated carbocycles. The zero-order valence-electron chi connectivity index (χ0n) is 10.4. The van der Waals surface area contributed by atoms with Crippen LogP contribution in [0.15, 0.2) is 53.3 Å². The maximum atomic E-state index is 4.02. The molecule has 3 heteroatoms. The van der Waals surface area contributed by atoms with Crippen LogP contribution in [0, 0.1) is 0 Å². The molecule has 2 aromatic rings. The smallest absolute Gasteiger partial charge is 0.0303 e. The summed E-state index contributed by atoms with van der Waals surface area (Å²) in [4.78, 5) is 4.02. The molecule has 0 unspecified atom stereocenters. The van der Waals surface area contributed by atoms with Crippen molar-refractivity contribution in [3.63, 3.8) is 0 Å². The number of aromatic nitrogens is 1. The number of benzene rings is 1. The van der Waals surface area contributed by atoms with Crippen molar-refractivity contribution in [2.45, 2.75) is 19.4 Å². The van der Waals surface area contributed by atoms with Crippen LogP contribution in [0.25, 0.3) is 0 Å². The topological polar surface area (TPSA) is 24.9 Å². The summed E-state index contributed by atoms with van der Waals surface area (Å²) >= 11 is 3.59. The van der Waals surface area contributed by atoms with Crippen LogP contribution in [-0.4, -0.2) is 11.5 Å². The molecule has 18 heavy (non-hydrogen) atoms. The van der Waals surface area contributed by atoms with Gasteiger partial charge in [-0.25, -0.2) is 0 Å². The van der Waals surface area contributed by atoms with Gasteiger partial charge in [0.15, 0.2) is 0 Å². The Hall–Kier alpha value is -1.19. The van der Waals surface area contributed by atoms with Crippen LogP contribution in [0.5, 0.6) is 0 Å². The third kappa shape index (κ3) is 3.65. The van der Waals surface area contributed by atoms with Crippen LogP contribution in [0.1, 0.15) is 24.1 Å². The summed E-state index contributed by atoms with van der Waals surface area (Å²) < 4.78 is 1.16. The van der Waals surface area contributed by atoms with Crippen LogP contribution < -0.4 is 5.32 Å². The molecule has 1 N–H and O–H groups in total. The molecule has 2 nitrogen and oxygen atoms in total. The normalized spacial score (nSPS) is 12.3. The summed E-state index contributed by atoms with van der Waals surface area (Å²) in [7, 11) is 0. The third-order valence-corrected chi connectivity index (χ3v) is 3.71. The standard InChI is InChI=1S/C15H17BrN2/c1-12(14-4-2-3-5-15(14)16)18-11-8-13-6-9-17-10-7-13/h2-7,9-10,12,18H,8,11H2,1H3/t12-/m0/s1. The molecule has 1 aromatic carbocycles. The molecule has 94 valence electrons. The summed E-state index contributed by atoms with van der Waals surface area (Å²) in [5, 5.41) is 3.54. The molecule has 2 rings (SSSR count). The van der Waals surface area contributed by atoms with Crippen LogP contribution in [0.3, 0.4) is 0 Å². The molecule has 1 atom stereocenters. The van der Waals surface area contributed by atoms with E-state index in [-0.39, 0.29) is 0 Å². The summed E-state index contributed by atoms with van der Waals surface area (Å²) in [6, 6.07) is 12.8. The molecule has 0 saturated heterocycles. The van der Waals surface area contributed by atoms with Gasteiger partial charge in [-0.15, -0.1) is 0 Å². The van der Waals surface area contributed by atoms with Gasteiger partial charge in [0.1, 0.15) is 0 Å². The molecule has 0 aliphatic heterocycles. The van der Waals surface area contributed by atoms with E-state index in [2.05, 4.69) is 63.5 Å². The van der Waals surface area contributed by atoms with Crippen molar-refractivity contribution in [2.24, 2.45) is 0 Å². The van der Waals surface area contributed by atoms with E-state index in [1.807, 2.05) is 18.5 Å². The Labute approximate surface area is 117 Å². The lowest BCUT2D eigenvalue weighted by Gasteiger charge is -2.15. The number of hydrogen-bond donors (Lipinski definition) is 1. The van der Waals surface area contributed by atoms with Gasteiger partial charge in [-0.1, -0.05) is 34.1 Å². The van der Waals surface area contributed by atoms with Crippen LogP contribution in [0.2, 0.25) is 0 Å². The highest BCUT2D eigenvalue weighted by molar-refractivity contribution is 9.10. The SMILES string of the molecule is C[C@H](NCCc1ccncc1)c1ccccc1Br.